The third-order valence-electron chi connectivity index (χ3n) is 4.97. The highest BCUT2D eigenvalue weighted by Gasteiger charge is 2.40. The molecule has 0 saturated carbocycles. The van der Waals surface area contributed by atoms with Crippen molar-refractivity contribution in [2.75, 3.05) is 13.7 Å². The molecule has 162 valence electrons. The highest BCUT2D eigenvalue weighted by Crippen LogP contribution is 2.26. The highest BCUT2D eigenvalue weighted by atomic mass is 16.6. The molecule has 0 N–H and O–H groups in total. The Bertz CT molecular complexity index is 912. The fourth-order valence-electron chi connectivity index (χ4n) is 3.36. The van der Waals surface area contributed by atoms with Crippen LogP contribution in [0.25, 0.3) is 0 Å². The smallest absolute Gasteiger partial charge is 0.410 e. The fraction of sp³-hybridized carbons (Fsp3) is 0.292. The van der Waals surface area contributed by atoms with E-state index in [1.54, 1.807) is 6.08 Å². The number of carbonyl (C=O) groups is 3. The number of benzene rings is 2. The molecule has 0 aliphatic carbocycles. The van der Waals surface area contributed by atoms with Crippen molar-refractivity contribution in [3.63, 3.8) is 0 Å². The molecule has 0 aromatic heterocycles. The summed E-state index contributed by atoms with van der Waals surface area (Å²) in [6.45, 7) is 0.531. The first-order valence-electron chi connectivity index (χ1n) is 10.0. The van der Waals surface area contributed by atoms with Crippen molar-refractivity contribution in [3.8, 4) is 0 Å². The van der Waals surface area contributed by atoms with E-state index in [2.05, 4.69) is 0 Å². The van der Waals surface area contributed by atoms with E-state index < -0.39 is 24.1 Å². The Kier molecular flexibility index (Phi) is 7.81. The van der Waals surface area contributed by atoms with Gasteiger partial charge in [-0.2, -0.15) is 0 Å². The lowest BCUT2D eigenvalue weighted by atomic mass is 10.1. The van der Waals surface area contributed by atoms with Crippen molar-refractivity contribution >= 4 is 18.0 Å². The Morgan fingerprint density at radius 2 is 1.52 bits per heavy atom. The van der Waals surface area contributed by atoms with Gasteiger partial charge in [-0.05, 0) is 23.5 Å². The van der Waals surface area contributed by atoms with Gasteiger partial charge in [0.2, 0.25) is 0 Å². The second kappa shape index (κ2) is 11.0. The maximum Gasteiger partial charge on any atom is 0.410 e. The molecule has 0 radical (unpaired) electrons. The molecule has 2 aromatic carbocycles. The summed E-state index contributed by atoms with van der Waals surface area (Å²) in [6, 6.07) is 17.9. The summed E-state index contributed by atoms with van der Waals surface area (Å²) in [7, 11) is 1.28. The zero-order valence-electron chi connectivity index (χ0n) is 17.3. The van der Waals surface area contributed by atoms with Crippen LogP contribution in [0.3, 0.4) is 0 Å². The normalized spacial score (nSPS) is 18.0. The number of carbonyl (C=O) groups excluding carboxylic acids is 3. The average Bonchev–Trinajstić information content (AvgIpc) is 3.25. The van der Waals surface area contributed by atoms with Gasteiger partial charge in [0.1, 0.15) is 19.3 Å². The number of likely N-dealkylation sites (tertiary alicyclic amines) is 1. The second-order valence-electron chi connectivity index (χ2n) is 7.18. The number of nitrogens with zero attached hydrogens (tertiary/aromatic N) is 1. The number of amides is 1. The third kappa shape index (κ3) is 6.44. The minimum Gasteiger partial charge on any atom is -0.467 e. The summed E-state index contributed by atoms with van der Waals surface area (Å²) in [5, 5.41) is 0. The largest absolute Gasteiger partial charge is 0.467 e. The van der Waals surface area contributed by atoms with E-state index in [-0.39, 0.29) is 25.7 Å². The zero-order chi connectivity index (χ0) is 22.1. The quantitative estimate of drug-likeness (QED) is 0.385. The Labute approximate surface area is 181 Å². The molecule has 7 heteroatoms. The molecule has 0 spiro atoms. The number of rotatable bonds is 7. The second-order valence-corrected chi connectivity index (χ2v) is 7.18. The van der Waals surface area contributed by atoms with Crippen LogP contribution in [-0.2, 0) is 37.0 Å². The van der Waals surface area contributed by atoms with Gasteiger partial charge in [0.15, 0.2) is 0 Å². The van der Waals surface area contributed by atoms with E-state index >= 15 is 0 Å². The van der Waals surface area contributed by atoms with Gasteiger partial charge in [0, 0.05) is 12.6 Å². The summed E-state index contributed by atoms with van der Waals surface area (Å²) in [5.74, 6) is -1.19. The van der Waals surface area contributed by atoms with Crippen LogP contribution in [-0.4, -0.2) is 42.6 Å². The molecule has 0 bridgehead atoms. The van der Waals surface area contributed by atoms with Gasteiger partial charge in [-0.1, -0.05) is 66.7 Å². The van der Waals surface area contributed by atoms with E-state index in [0.717, 1.165) is 11.1 Å². The number of ether oxygens (including phenoxy) is 3. The molecule has 31 heavy (non-hydrogen) atoms. The molecule has 1 amide bonds. The lowest BCUT2D eigenvalue weighted by molar-refractivity contribution is -0.145. The molecule has 1 unspecified atom stereocenters. The summed E-state index contributed by atoms with van der Waals surface area (Å²) >= 11 is 0. The maximum atomic E-state index is 12.6. The Hall–Kier alpha value is -3.61. The maximum absolute atomic E-state index is 12.6. The third-order valence-corrected chi connectivity index (χ3v) is 4.97. The SMILES string of the molecule is COC(=O)[C@@H]1CC(C=CC(=O)OCc2ccccc2)CN1C(=O)OCc1ccccc1. The van der Waals surface area contributed by atoms with E-state index in [1.165, 1.54) is 18.1 Å². The van der Waals surface area contributed by atoms with Gasteiger partial charge < -0.3 is 14.2 Å². The van der Waals surface area contributed by atoms with Crippen LogP contribution in [0.15, 0.2) is 72.8 Å². The van der Waals surface area contributed by atoms with Crippen LogP contribution in [0, 0.1) is 5.92 Å². The van der Waals surface area contributed by atoms with Crippen molar-refractivity contribution in [3.05, 3.63) is 83.9 Å². The van der Waals surface area contributed by atoms with Gasteiger partial charge in [0.25, 0.3) is 0 Å². The minimum absolute atomic E-state index is 0.108. The molecular weight excluding hydrogens is 398 g/mol. The predicted octanol–water partition coefficient (Wildman–Crippen LogP) is 3.49. The number of hydrogen-bond donors (Lipinski definition) is 0. The monoisotopic (exact) mass is 423 g/mol. The van der Waals surface area contributed by atoms with E-state index in [9.17, 15) is 14.4 Å². The van der Waals surface area contributed by atoms with Crippen LogP contribution in [0.5, 0.6) is 0 Å². The first-order chi connectivity index (χ1) is 15.1. The van der Waals surface area contributed by atoms with E-state index in [0.29, 0.717) is 6.42 Å². The van der Waals surface area contributed by atoms with Crippen LogP contribution in [0.1, 0.15) is 17.5 Å². The summed E-state index contributed by atoms with van der Waals surface area (Å²) < 4.78 is 15.4. The molecule has 1 saturated heterocycles. The molecule has 7 nitrogen and oxygen atoms in total. The van der Waals surface area contributed by atoms with E-state index in [1.807, 2.05) is 60.7 Å². The first-order valence-corrected chi connectivity index (χ1v) is 10.0. The topological polar surface area (TPSA) is 82.1 Å². The van der Waals surface area contributed by atoms with E-state index in [4.69, 9.17) is 14.2 Å². The van der Waals surface area contributed by atoms with Crippen molar-refractivity contribution < 1.29 is 28.6 Å². The van der Waals surface area contributed by atoms with Crippen molar-refractivity contribution in [2.24, 2.45) is 5.92 Å². The van der Waals surface area contributed by atoms with Gasteiger partial charge in [-0.25, -0.2) is 14.4 Å². The van der Waals surface area contributed by atoms with Crippen LogP contribution >= 0.6 is 0 Å². The average molecular weight is 423 g/mol. The number of hydrogen-bond acceptors (Lipinski definition) is 6. The number of methoxy groups -OCH3 is 1. The van der Waals surface area contributed by atoms with Crippen LogP contribution in [0.4, 0.5) is 4.79 Å². The molecule has 2 aromatic rings. The summed E-state index contributed by atoms with van der Waals surface area (Å²) in [6.07, 6.45) is 2.74. The predicted molar refractivity (Wildman–Crippen MR) is 113 cm³/mol. The highest BCUT2D eigenvalue weighted by molar-refractivity contribution is 5.83. The lowest BCUT2D eigenvalue weighted by Crippen LogP contribution is -2.41. The Morgan fingerprint density at radius 1 is 0.935 bits per heavy atom. The minimum atomic E-state index is -0.761. The lowest BCUT2D eigenvalue weighted by Gasteiger charge is -2.21. The zero-order valence-corrected chi connectivity index (χ0v) is 17.3. The van der Waals surface area contributed by atoms with Crippen LogP contribution < -0.4 is 0 Å². The summed E-state index contributed by atoms with van der Waals surface area (Å²) in [4.78, 5) is 38.1. The molecule has 1 aliphatic rings. The molecule has 2 atom stereocenters. The molecule has 1 fully saturated rings. The Morgan fingerprint density at radius 3 is 2.10 bits per heavy atom. The molecule has 3 rings (SSSR count). The van der Waals surface area contributed by atoms with Crippen molar-refractivity contribution in [1.82, 2.24) is 4.90 Å². The molecule has 1 heterocycles. The van der Waals surface area contributed by atoms with Gasteiger partial charge in [0.05, 0.1) is 7.11 Å². The van der Waals surface area contributed by atoms with Gasteiger partial charge >= 0.3 is 18.0 Å². The van der Waals surface area contributed by atoms with Crippen LogP contribution in [0.2, 0.25) is 0 Å². The molecule has 1 aliphatic heterocycles. The van der Waals surface area contributed by atoms with Gasteiger partial charge in [-0.15, -0.1) is 0 Å². The first kappa shape index (κ1) is 22.1. The summed E-state index contributed by atoms with van der Waals surface area (Å²) in [5.41, 5.74) is 1.74. The van der Waals surface area contributed by atoms with Gasteiger partial charge in [-0.3, -0.25) is 4.90 Å². The Balaban J connectivity index is 1.55. The van der Waals surface area contributed by atoms with Crippen molar-refractivity contribution in [1.29, 1.82) is 0 Å². The fourth-order valence-corrected chi connectivity index (χ4v) is 3.36. The van der Waals surface area contributed by atoms with Crippen molar-refractivity contribution in [2.45, 2.75) is 25.7 Å². The standard InChI is InChI=1S/C24H25NO6/c1-29-23(27)21-14-20(12-13-22(26)30-16-18-8-4-2-5-9-18)15-25(21)24(28)31-17-19-10-6-3-7-11-19/h2-13,20-21H,14-17H2,1H3/t20?,21-/m0/s1. The number of esters is 2. The molecular formula is C24H25NO6.